The average molecular weight is 255 g/mol. The Hall–Kier alpha value is -2.28. The Morgan fingerprint density at radius 3 is 2.56 bits per heavy atom. The molecule has 4 N–H and O–H groups in total. The van der Waals surface area contributed by atoms with Crippen molar-refractivity contribution in [3.63, 3.8) is 0 Å². The zero-order valence-electron chi connectivity index (χ0n) is 9.58. The number of amides is 1. The van der Waals surface area contributed by atoms with Crippen LogP contribution in [0.5, 0.6) is 11.5 Å². The number of rotatable bonds is 4. The van der Waals surface area contributed by atoms with E-state index in [1.54, 1.807) is 0 Å². The number of methoxy groups -OCH3 is 1. The van der Waals surface area contributed by atoms with E-state index in [1.165, 1.54) is 12.1 Å². The molecule has 1 aromatic rings. The van der Waals surface area contributed by atoms with Gasteiger partial charge in [-0.15, -0.1) is 0 Å². The van der Waals surface area contributed by atoms with E-state index in [4.69, 9.17) is 10.2 Å². The van der Waals surface area contributed by atoms with Crippen LogP contribution in [0.1, 0.15) is 10.4 Å². The Balaban J connectivity index is 2.84. The minimum absolute atomic E-state index is 0.129. The van der Waals surface area contributed by atoms with Gasteiger partial charge in [0.2, 0.25) is 0 Å². The smallest absolute Gasteiger partial charge is 0.330 e. The molecule has 0 bridgehead atoms. The van der Waals surface area contributed by atoms with E-state index in [2.05, 4.69) is 10.1 Å². The highest BCUT2D eigenvalue weighted by Crippen LogP contribution is 2.22. The van der Waals surface area contributed by atoms with Gasteiger partial charge in [0.25, 0.3) is 5.91 Å². The second-order valence-electron chi connectivity index (χ2n) is 3.43. The van der Waals surface area contributed by atoms with Gasteiger partial charge < -0.3 is 25.4 Å². The lowest BCUT2D eigenvalue weighted by molar-refractivity contribution is -0.143. The van der Waals surface area contributed by atoms with Gasteiger partial charge in [-0.1, -0.05) is 0 Å². The zero-order valence-corrected chi connectivity index (χ0v) is 9.58. The van der Waals surface area contributed by atoms with Gasteiger partial charge in [0.05, 0.1) is 19.3 Å². The lowest BCUT2D eigenvalue weighted by atomic mass is 10.1. The van der Waals surface area contributed by atoms with Crippen LogP contribution in [-0.4, -0.2) is 47.0 Å². The second-order valence-corrected chi connectivity index (χ2v) is 3.43. The monoisotopic (exact) mass is 255 g/mol. The maximum Gasteiger partial charge on any atom is 0.330 e. The van der Waals surface area contributed by atoms with Gasteiger partial charge in [0.15, 0.2) is 6.04 Å². The Kier molecular flexibility index (Phi) is 4.50. The van der Waals surface area contributed by atoms with Crippen LogP contribution in [0.25, 0.3) is 0 Å². The number of phenolic OH excluding ortho intramolecular Hbond substituents is 2. The highest BCUT2D eigenvalue weighted by atomic mass is 16.5. The number of aliphatic hydroxyl groups excluding tert-OH is 1. The molecule has 0 fully saturated rings. The molecule has 0 aliphatic carbocycles. The van der Waals surface area contributed by atoms with Crippen LogP contribution < -0.4 is 5.32 Å². The fraction of sp³-hybridized carbons (Fsp3) is 0.273. The molecule has 0 spiro atoms. The van der Waals surface area contributed by atoms with Crippen molar-refractivity contribution in [2.24, 2.45) is 0 Å². The minimum atomic E-state index is -1.21. The van der Waals surface area contributed by atoms with Gasteiger partial charge in [0, 0.05) is 6.07 Å². The predicted octanol–water partition coefficient (Wildman–Crippen LogP) is -0.639. The van der Waals surface area contributed by atoms with Crippen molar-refractivity contribution in [3.05, 3.63) is 23.8 Å². The summed E-state index contributed by atoms with van der Waals surface area (Å²) in [6.45, 7) is -0.628. The van der Waals surface area contributed by atoms with E-state index >= 15 is 0 Å². The molecule has 7 nitrogen and oxygen atoms in total. The third kappa shape index (κ3) is 3.11. The first-order valence-electron chi connectivity index (χ1n) is 5.01. The summed E-state index contributed by atoms with van der Waals surface area (Å²) in [4.78, 5) is 22.8. The van der Waals surface area contributed by atoms with E-state index in [0.29, 0.717) is 0 Å². The molecule has 1 aromatic carbocycles. The highest BCUT2D eigenvalue weighted by Gasteiger charge is 2.22. The lowest BCUT2D eigenvalue weighted by Gasteiger charge is -2.14. The van der Waals surface area contributed by atoms with E-state index in [0.717, 1.165) is 13.2 Å². The molecule has 0 heterocycles. The summed E-state index contributed by atoms with van der Waals surface area (Å²) in [5, 5.41) is 29.6. The molecule has 0 saturated heterocycles. The Bertz CT molecular complexity index is 459. The molecule has 0 radical (unpaired) electrons. The Labute approximate surface area is 103 Å². The van der Waals surface area contributed by atoms with Crippen molar-refractivity contribution in [1.82, 2.24) is 5.32 Å². The topological polar surface area (TPSA) is 116 Å². The molecule has 0 saturated carbocycles. The van der Waals surface area contributed by atoms with Gasteiger partial charge in [-0.25, -0.2) is 4.79 Å². The number of hydrogen-bond acceptors (Lipinski definition) is 6. The van der Waals surface area contributed by atoms with Gasteiger partial charge in [0.1, 0.15) is 11.5 Å². The third-order valence-electron chi connectivity index (χ3n) is 2.20. The number of hydrogen-bond donors (Lipinski definition) is 4. The molecule has 0 aliphatic rings. The molecule has 7 heteroatoms. The van der Waals surface area contributed by atoms with Gasteiger partial charge in [-0.05, 0) is 12.1 Å². The summed E-state index contributed by atoms with van der Waals surface area (Å²) in [6.07, 6.45) is 0. The molecule has 0 aromatic heterocycles. The van der Waals surface area contributed by atoms with Gasteiger partial charge >= 0.3 is 5.97 Å². The minimum Gasteiger partial charge on any atom is -0.508 e. The number of carbonyl (C=O) groups excluding carboxylic acids is 2. The summed E-state index contributed by atoms with van der Waals surface area (Å²) in [5.41, 5.74) is -0.129. The largest absolute Gasteiger partial charge is 0.508 e. The standard InChI is InChI=1S/C11H13NO6/c1-18-11(17)8(5-13)12-10(16)7-3-2-6(14)4-9(7)15/h2-4,8,13-15H,5H2,1H3,(H,12,16). The average Bonchev–Trinajstić information content (AvgIpc) is 2.34. The number of benzene rings is 1. The van der Waals surface area contributed by atoms with Gasteiger partial charge in [-0.2, -0.15) is 0 Å². The van der Waals surface area contributed by atoms with E-state index in [9.17, 15) is 14.7 Å². The van der Waals surface area contributed by atoms with Crippen molar-refractivity contribution < 1.29 is 29.6 Å². The van der Waals surface area contributed by atoms with Crippen LogP contribution in [0.4, 0.5) is 0 Å². The molecule has 0 aliphatic heterocycles. The second kappa shape index (κ2) is 5.87. The predicted molar refractivity (Wildman–Crippen MR) is 60.1 cm³/mol. The van der Waals surface area contributed by atoms with E-state index in [-0.39, 0.29) is 11.3 Å². The Morgan fingerprint density at radius 2 is 2.06 bits per heavy atom. The number of carbonyl (C=O) groups is 2. The first-order chi connectivity index (χ1) is 8.49. The molecule has 1 rings (SSSR count). The van der Waals surface area contributed by atoms with Gasteiger partial charge in [-0.3, -0.25) is 4.79 Å². The summed E-state index contributed by atoms with van der Waals surface area (Å²) >= 11 is 0. The summed E-state index contributed by atoms with van der Waals surface area (Å²) in [6, 6.07) is 2.17. The van der Waals surface area contributed by atoms with Crippen molar-refractivity contribution in [1.29, 1.82) is 0 Å². The number of phenols is 2. The van der Waals surface area contributed by atoms with Crippen LogP contribution in [0, 0.1) is 0 Å². The molecule has 98 valence electrons. The normalized spacial score (nSPS) is 11.7. The van der Waals surface area contributed by atoms with Crippen molar-refractivity contribution in [2.45, 2.75) is 6.04 Å². The van der Waals surface area contributed by atoms with Crippen molar-refractivity contribution in [2.75, 3.05) is 13.7 Å². The first kappa shape index (κ1) is 13.8. The maximum atomic E-state index is 11.7. The van der Waals surface area contributed by atoms with Crippen LogP contribution in [0.3, 0.4) is 0 Å². The van der Waals surface area contributed by atoms with Crippen LogP contribution >= 0.6 is 0 Å². The fourth-order valence-corrected chi connectivity index (χ4v) is 1.27. The molecule has 18 heavy (non-hydrogen) atoms. The fourth-order valence-electron chi connectivity index (χ4n) is 1.27. The summed E-state index contributed by atoms with van der Waals surface area (Å²) in [7, 11) is 1.12. The SMILES string of the molecule is COC(=O)C(CO)NC(=O)c1ccc(O)cc1O. The first-order valence-corrected chi connectivity index (χ1v) is 5.01. The van der Waals surface area contributed by atoms with Crippen molar-refractivity contribution >= 4 is 11.9 Å². The molecule has 1 atom stereocenters. The lowest BCUT2D eigenvalue weighted by Crippen LogP contribution is -2.44. The molecular weight excluding hydrogens is 242 g/mol. The number of nitrogens with one attached hydrogen (secondary N) is 1. The quantitative estimate of drug-likeness (QED) is 0.532. The maximum absolute atomic E-state index is 11.7. The Morgan fingerprint density at radius 1 is 1.39 bits per heavy atom. The van der Waals surface area contributed by atoms with Crippen LogP contribution in [0.15, 0.2) is 18.2 Å². The summed E-state index contributed by atoms with van der Waals surface area (Å²) < 4.78 is 4.37. The van der Waals surface area contributed by atoms with Crippen LogP contribution in [-0.2, 0) is 9.53 Å². The summed E-state index contributed by atoms with van der Waals surface area (Å²) in [5.74, 6) is -2.20. The van der Waals surface area contributed by atoms with Crippen molar-refractivity contribution in [3.8, 4) is 11.5 Å². The molecule has 1 amide bonds. The molecule has 1 unspecified atom stereocenters. The van der Waals surface area contributed by atoms with Crippen LogP contribution in [0.2, 0.25) is 0 Å². The van der Waals surface area contributed by atoms with E-state index in [1.807, 2.05) is 0 Å². The number of aliphatic hydroxyl groups is 1. The highest BCUT2D eigenvalue weighted by molar-refractivity contribution is 5.99. The number of aromatic hydroxyl groups is 2. The zero-order chi connectivity index (χ0) is 13.7. The van der Waals surface area contributed by atoms with E-state index < -0.39 is 30.3 Å². The third-order valence-corrected chi connectivity index (χ3v) is 2.20. The number of esters is 1. The number of ether oxygens (including phenoxy) is 1. The molecular formula is C11H13NO6.